The van der Waals surface area contributed by atoms with Gasteiger partial charge in [-0.3, -0.25) is 10.1 Å². The van der Waals surface area contributed by atoms with E-state index in [0.717, 1.165) is 22.3 Å². The lowest BCUT2D eigenvalue weighted by Gasteiger charge is -2.05. The Balaban J connectivity index is 2.26. The van der Waals surface area contributed by atoms with Crippen molar-refractivity contribution in [1.29, 1.82) is 0 Å². The van der Waals surface area contributed by atoms with Crippen molar-refractivity contribution >= 4 is 34.6 Å². The zero-order valence-electron chi connectivity index (χ0n) is 11.0. The molecule has 0 unspecified atom stereocenters. The first kappa shape index (κ1) is 14.7. The molecule has 2 heterocycles. The van der Waals surface area contributed by atoms with E-state index in [4.69, 9.17) is 0 Å². The minimum Gasteiger partial charge on any atom is -0.370 e. The van der Waals surface area contributed by atoms with Crippen LogP contribution < -0.4 is 5.32 Å². The van der Waals surface area contributed by atoms with E-state index in [9.17, 15) is 10.1 Å². The summed E-state index contributed by atoms with van der Waals surface area (Å²) in [4.78, 5) is 14.9. The number of anilines is 1. The molecule has 0 atom stereocenters. The Hall–Kier alpha value is -1.74. The first-order chi connectivity index (χ1) is 9.58. The van der Waals surface area contributed by atoms with Crippen LogP contribution in [0.4, 0.5) is 11.5 Å². The highest BCUT2D eigenvalue weighted by molar-refractivity contribution is 8.01. The number of pyridine rings is 1. The number of hydrogen-bond acceptors (Lipinski definition) is 8. The Kier molecular flexibility index (Phi) is 4.85. The van der Waals surface area contributed by atoms with E-state index in [1.54, 1.807) is 0 Å². The summed E-state index contributed by atoms with van der Waals surface area (Å²) >= 11 is 2.71. The van der Waals surface area contributed by atoms with E-state index in [2.05, 4.69) is 20.5 Å². The summed E-state index contributed by atoms with van der Waals surface area (Å²) in [6.45, 7) is 4.59. The molecule has 0 bridgehead atoms. The lowest BCUT2D eigenvalue weighted by molar-refractivity contribution is -0.385. The highest BCUT2D eigenvalue weighted by atomic mass is 32.2. The number of nitrogens with one attached hydrogen (secondary N) is 1. The van der Waals surface area contributed by atoms with Crippen LogP contribution in [0.3, 0.4) is 0 Å². The molecule has 7 nitrogen and oxygen atoms in total. The molecule has 106 valence electrons. The first-order valence-corrected chi connectivity index (χ1v) is 7.60. The predicted molar refractivity (Wildman–Crippen MR) is 78.4 cm³/mol. The highest BCUT2D eigenvalue weighted by Gasteiger charge is 2.13. The second-order valence-corrected chi connectivity index (χ2v) is 6.37. The fraction of sp³-hybridized carbons (Fsp3) is 0.364. The molecule has 0 aliphatic heterocycles. The van der Waals surface area contributed by atoms with Gasteiger partial charge in [0, 0.05) is 12.6 Å². The van der Waals surface area contributed by atoms with E-state index in [1.807, 2.05) is 13.8 Å². The van der Waals surface area contributed by atoms with Gasteiger partial charge in [0.15, 0.2) is 4.34 Å². The molecule has 0 aliphatic rings. The fourth-order valence-electron chi connectivity index (χ4n) is 1.40. The Morgan fingerprint density at radius 1 is 1.45 bits per heavy atom. The second-order valence-electron chi connectivity index (χ2n) is 3.92. The van der Waals surface area contributed by atoms with Crippen LogP contribution in [0.1, 0.15) is 18.4 Å². The Morgan fingerprint density at radius 3 is 2.85 bits per heavy atom. The number of aromatic nitrogens is 3. The zero-order valence-corrected chi connectivity index (χ0v) is 12.6. The van der Waals surface area contributed by atoms with Crippen LogP contribution in [0.25, 0.3) is 0 Å². The van der Waals surface area contributed by atoms with Gasteiger partial charge in [0.1, 0.15) is 15.9 Å². The third-order valence-corrected chi connectivity index (χ3v) is 4.06. The van der Waals surface area contributed by atoms with Crippen LogP contribution in [0.2, 0.25) is 0 Å². The average Bonchev–Trinajstić information content (AvgIpc) is 2.81. The van der Waals surface area contributed by atoms with Crippen molar-refractivity contribution in [3.63, 3.8) is 0 Å². The molecule has 0 fully saturated rings. The lowest BCUT2D eigenvalue weighted by Crippen LogP contribution is -2.03. The quantitative estimate of drug-likeness (QED) is 0.647. The van der Waals surface area contributed by atoms with Crippen LogP contribution in [0.15, 0.2) is 21.5 Å². The molecule has 0 spiro atoms. The second kappa shape index (κ2) is 6.62. The molecule has 0 amide bonds. The van der Waals surface area contributed by atoms with Gasteiger partial charge in [0.25, 0.3) is 5.69 Å². The summed E-state index contributed by atoms with van der Waals surface area (Å²) in [7, 11) is 0. The number of hydrogen-bond donors (Lipinski definition) is 1. The van der Waals surface area contributed by atoms with Gasteiger partial charge in [-0.15, -0.1) is 10.2 Å². The van der Waals surface area contributed by atoms with Crippen molar-refractivity contribution in [1.82, 2.24) is 15.2 Å². The standard InChI is InChI=1S/C11H13N5O2S2/c1-3-4-12-9-5-8(16(17)18)6-10(13-9)20-11-15-14-7(2)19-11/h5-6H,3-4H2,1-2H3,(H,12,13). The van der Waals surface area contributed by atoms with E-state index < -0.39 is 4.92 Å². The predicted octanol–water partition coefficient (Wildman–Crippen LogP) is 3.12. The Morgan fingerprint density at radius 2 is 2.25 bits per heavy atom. The molecular weight excluding hydrogens is 298 g/mol. The van der Waals surface area contributed by atoms with Crippen LogP contribution in [0.5, 0.6) is 0 Å². The maximum absolute atomic E-state index is 11.0. The Labute approximate surface area is 124 Å². The summed E-state index contributed by atoms with van der Waals surface area (Å²) in [6, 6.07) is 2.88. The number of nitrogens with zero attached hydrogens (tertiary/aromatic N) is 4. The molecular formula is C11H13N5O2S2. The summed E-state index contributed by atoms with van der Waals surface area (Å²) in [5.74, 6) is 0.504. The molecule has 0 aromatic carbocycles. The van der Waals surface area contributed by atoms with Crippen molar-refractivity contribution in [2.24, 2.45) is 0 Å². The van der Waals surface area contributed by atoms with Gasteiger partial charge in [-0.2, -0.15) is 0 Å². The summed E-state index contributed by atoms with van der Waals surface area (Å²) in [5.41, 5.74) is 0.0161. The van der Waals surface area contributed by atoms with Crippen molar-refractivity contribution in [2.75, 3.05) is 11.9 Å². The summed E-state index contributed by atoms with van der Waals surface area (Å²) < 4.78 is 0.719. The molecule has 0 aliphatic carbocycles. The number of rotatable bonds is 6. The maximum atomic E-state index is 11.0. The molecule has 1 N–H and O–H groups in total. The number of aryl methyl sites for hydroxylation is 1. The molecule has 2 rings (SSSR count). The van der Waals surface area contributed by atoms with Crippen molar-refractivity contribution < 1.29 is 4.92 Å². The minimum atomic E-state index is -0.422. The zero-order chi connectivity index (χ0) is 14.5. The summed E-state index contributed by atoms with van der Waals surface area (Å²) in [5, 5.41) is 23.3. The third kappa shape index (κ3) is 3.87. The molecule has 20 heavy (non-hydrogen) atoms. The van der Waals surface area contributed by atoms with Gasteiger partial charge in [-0.05, 0) is 25.1 Å². The van der Waals surface area contributed by atoms with E-state index in [0.29, 0.717) is 10.8 Å². The summed E-state index contributed by atoms with van der Waals surface area (Å²) in [6.07, 6.45) is 0.919. The number of nitro groups is 1. The molecule has 0 radical (unpaired) electrons. The van der Waals surface area contributed by atoms with Crippen LogP contribution in [0, 0.1) is 17.0 Å². The van der Waals surface area contributed by atoms with Gasteiger partial charge >= 0.3 is 0 Å². The highest BCUT2D eigenvalue weighted by Crippen LogP contribution is 2.31. The van der Waals surface area contributed by atoms with Crippen LogP contribution >= 0.6 is 23.1 Å². The van der Waals surface area contributed by atoms with E-state index in [-0.39, 0.29) is 5.69 Å². The molecule has 0 saturated heterocycles. The van der Waals surface area contributed by atoms with Crippen molar-refractivity contribution in [3.05, 3.63) is 27.3 Å². The van der Waals surface area contributed by atoms with Gasteiger partial charge < -0.3 is 5.32 Å². The fourth-order valence-corrected chi connectivity index (χ4v) is 3.19. The third-order valence-electron chi connectivity index (χ3n) is 2.25. The smallest absolute Gasteiger partial charge is 0.275 e. The van der Waals surface area contributed by atoms with Gasteiger partial charge in [0.05, 0.1) is 11.0 Å². The van der Waals surface area contributed by atoms with Crippen LogP contribution in [-0.4, -0.2) is 26.6 Å². The molecule has 2 aromatic heterocycles. The minimum absolute atomic E-state index is 0.0161. The van der Waals surface area contributed by atoms with Gasteiger partial charge in [-0.1, -0.05) is 18.3 Å². The molecule has 0 saturated carbocycles. The maximum Gasteiger partial charge on any atom is 0.275 e. The van der Waals surface area contributed by atoms with Crippen molar-refractivity contribution in [2.45, 2.75) is 29.6 Å². The molecule has 2 aromatic rings. The average molecular weight is 311 g/mol. The van der Waals surface area contributed by atoms with Gasteiger partial charge in [-0.25, -0.2) is 4.98 Å². The van der Waals surface area contributed by atoms with Gasteiger partial charge in [0.2, 0.25) is 0 Å². The first-order valence-electron chi connectivity index (χ1n) is 5.97. The van der Waals surface area contributed by atoms with E-state index in [1.165, 1.54) is 35.2 Å². The monoisotopic (exact) mass is 311 g/mol. The lowest BCUT2D eigenvalue weighted by atomic mass is 10.4. The van der Waals surface area contributed by atoms with Crippen LogP contribution in [-0.2, 0) is 0 Å². The largest absolute Gasteiger partial charge is 0.370 e. The molecule has 9 heteroatoms. The van der Waals surface area contributed by atoms with E-state index >= 15 is 0 Å². The Bertz CT molecular complexity index is 617. The van der Waals surface area contributed by atoms with Crippen molar-refractivity contribution in [3.8, 4) is 0 Å². The normalized spacial score (nSPS) is 10.5. The topological polar surface area (TPSA) is 93.8 Å². The SMILES string of the molecule is CCCNc1cc([N+](=O)[O-])cc(Sc2nnc(C)s2)n1.